The quantitative estimate of drug-likeness (QED) is 0.419. The monoisotopic (exact) mass is 414 g/mol. The van der Waals surface area contributed by atoms with Gasteiger partial charge in [-0.3, -0.25) is 30.3 Å². The van der Waals surface area contributed by atoms with Crippen LogP contribution in [0.3, 0.4) is 0 Å². The van der Waals surface area contributed by atoms with Crippen molar-refractivity contribution < 1.29 is 29.1 Å². The summed E-state index contributed by atoms with van der Waals surface area (Å²) in [4.78, 5) is 43.3. The van der Waals surface area contributed by atoms with Crippen molar-refractivity contribution >= 4 is 34.4 Å². The van der Waals surface area contributed by atoms with E-state index in [4.69, 9.17) is 4.42 Å². The molecule has 0 fully saturated rings. The van der Waals surface area contributed by atoms with E-state index in [-0.39, 0.29) is 17.0 Å². The summed E-state index contributed by atoms with van der Waals surface area (Å²) in [5.74, 6) is -1.66. The highest BCUT2D eigenvalue weighted by atomic mass is 16.6. The molecule has 13 heteroatoms. The zero-order valence-corrected chi connectivity index (χ0v) is 14.7. The van der Waals surface area contributed by atoms with Crippen molar-refractivity contribution in [2.75, 3.05) is 5.32 Å². The lowest BCUT2D eigenvalue weighted by Gasteiger charge is -2.12. The number of nitrogens with zero attached hydrogens (tertiary/aromatic N) is 3. The Kier molecular flexibility index (Phi) is 5.10. The van der Waals surface area contributed by atoms with Crippen LogP contribution in [-0.4, -0.2) is 25.8 Å². The van der Waals surface area contributed by atoms with Crippen LogP contribution in [0.2, 0.25) is 0 Å². The SMILES string of the molecule is O=C(O)c1ccccc1Nc1c([N+](=O)[O-])cc([N+](=O)[O-])c(-c2ccco2)c1[N+](=O)[O-]. The van der Waals surface area contributed by atoms with Gasteiger partial charge in [0.1, 0.15) is 5.76 Å². The minimum atomic E-state index is -1.39. The molecule has 0 saturated carbocycles. The zero-order valence-electron chi connectivity index (χ0n) is 14.7. The molecule has 30 heavy (non-hydrogen) atoms. The van der Waals surface area contributed by atoms with Gasteiger partial charge in [0.2, 0.25) is 0 Å². The highest BCUT2D eigenvalue weighted by Gasteiger charge is 2.39. The molecule has 0 bridgehead atoms. The Hall–Kier alpha value is -4.81. The molecule has 3 rings (SSSR count). The molecule has 0 radical (unpaired) electrons. The van der Waals surface area contributed by atoms with E-state index in [1.54, 1.807) is 0 Å². The number of anilines is 2. The van der Waals surface area contributed by atoms with E-state index in [1.165, 1.54) is 36.4 Å². The summed E-state index contributed by atoms with van der Waals surface area (Å²) in [6, 6.07) is 8.32. The van der Waals surface area contributed by atoms with E-state index in [0.717, 1.165) is 6.26 Å². The van der Waals surface area contributed by atoms with Gasteiger partial charge in [0.15, 0.2) is 11.3 Å². The van der Waals surface area contributed by atoms with E-state index >= 15 is 0 Å². The second-order valence-corrected chi connectivity index (χ2v) is 5.74. The second kappa shape index (κ2) is 7.67. The van der Waals surface area contributed by atoms with Crippen LogP contribution in [0.4, 0.5) is 28.4 Å². The normalized spacial score (nSPS) is 10.4. The molecule has 0 unspecified atom stereocenters. The first kappa shape index (κ1) is 19.9. The van der Waals surface area contributed by atoms with Crippen LogP contribution in [0.15, 0.2) is 53.1 Å². The predicted molar refractivity (Wildman–Crippen MR) is 101 cm³/mol. The fourth-order valence-corrected chi connectivity index (χ4v) is 2.81. The van der Waals surface area contributed by atoms with Crippen LogP contribution in [0, 0.1) is 30.3 Å². The largest absolute Gasteiger partial charge is 0.478 e. The number of hydrogen-bond donors (Lipinski definition) is 2. The average molecular weight is 414 g/mol. The van der Waals surface area contributed by atoms with Gasteiger partial charge >= 0.3 is 17.3 Å². The summed E-state index contributed by atoms with van der Waals surface area (Å²) in [6.45, 7) is 0. The van der Waals surface area contributed by atoms with Crippen molar-refractivity contribution in [1.82, 2.24) is 0 Å². The third kappa shape index (κ3) is 3.49. The predicted octanol–water partition coefficient (Wildman–Crippen LogP) is 4.11. The number of carboxylic acids is 1. The number of hydrogen-bond acceptors (Lipinski definition) is 9. The number of nitrogens with one attached hydrogen (secondary N) is 1. The number of furan rings is 1. The first-order chi connectivity index (χ1) is 14.2. The molecule has 0 saturated heterocycles. The molecule has 1 aromatic heterocycles. The van der Waals surface area contributed by atoms with Gasteiger partial charge in [0.25, 0.3) is 5.69 Å². The summed E-state index contributed by atoms with van der Waals surface area (Å²) in [5, 5.41) is 46.6. The Labute approximate surface area is 165 Å². The molecule has 2 N–H and O–H groups in total. The van der Waals surface area contributed by atoms with Gasteiger partial charge in [-0.05, 0) is 24.3 Å². The lowest BCUT2D eigenvalue weighted by atomic mass is 10.0. The fraction of sp³-hybridized carbons (Fsp3) is 0. The van der Waals surface area contributed by atoms with Gasteiger partial charge < -0.3 is 14.8 Å². The Morgan fingerprint density at radius 1 is 0.933 bits per heavy atom. The van der Waals surface area contributed by atoms with Gasteiger partial charge in [-0.2, -0.15) is 0 Å². The molecular formula is C17H10N4O9. The molecule has 3 aromatic rings. The standard InChI is InChI=1S/C17H10N4O9/c22-17(23)9-4-1-2-5-10(9)18-15-12(20(26)27)8-11(19(24)25)14(16(15)21(28)29)13-6-3-7-30-13/h1-8,18H,(H,22,23). The third-order valence-electron chi connectivity index (χ3n) is 4.02. The Morgan fingerprint density at radius 2 is 1.60 bits per heavy atom. The van der Waals surface area contributed by atoms with Crippen molar-refractivity contribution in [2.45, 2.75) is 0 Å². The van der Waals surface area contributed by atoms with Gasteiger partial charge in [0.05, 0.1) is 38.4 Å². The molecule has 152 valence electrons. The van der Waals surface area contributed by atoms with Crippen molar-refractivity contribution in [3.05, 3.63) is 84.6 Å². The summed E-state index contributed by atoms with van der Waals surface area (Å²) >= 11 is 0. The van der Waals surface area contributed by atoms with Crippen LogP contribution in [0.5, 0.6) is 0 Å². The van der Waals surface area contributed by atoms with Crippen molar-refractivity contribution in [2.24, 2.45) is 0 Å². The Bertz CT molecular complexity index is 1190. The molecule has 0 aliphatic carbocycles. The van der Waals surface area contributed by atoms with Crippen molar-refractivity contribution in [1.29, 1.82) is 0 Å². The third-order valence-corrected chi connectivity index (χ3v) is 4.02. The van der Waals surface area contributed by atoms with E-state index < -0.39 is 49.1 Å². The summed E-state index contributed by atoms with van der Waals surface area (Å²) in [6.07, 6.45) is 1.12. The lowest BCUT2D eigenvalue weighted by Crippen LogP contribution is -2.08. The molecule has 0 atom stereocenters. The lowest BCUT2D eigenvalue weighted by molar-refractivity contribution is -0.400. The highest BCUT2D eigenvalue weighted by molar-refractivity contribution is 5.99. The second-order valence-electron chi connectivity index (χ2n) is 5.74. The minimum absolute atomic E-state index is 0.185. The number of benzene rings is 2. The summed E-state index contributed by atoms with van der Waals surface area (Å²) in [7, 11) is 0. The van der Waals surface area contributed by atoms with Gasteiger partial charge in [0, 0.05) is 0 Å². The molecule has 2 aromatic carbocycles. The maximum atomic E-state index is 11.9. The van der Waals surface area contributed by atoms with Crippen LogP contribution in [0.25, 0.3) is 11.3 Å². The van der Waals surface area contributed by atoms with Crippen LogP contribution < -0.4 is 5.32 Å². The minimum Gasteiger partial charge on any atom is -0.478 e. The molecule has 0 aliphatic rings. The summed E-state index contributed by atoms with van der Waals surface area (Å²) < 4.78 is 5.07. The zero-order chi connectivity index (χ0) is 22.0. The van der Waals surface area contributed by atoms with Crippen LogP contribution >= 0.6 is 0 Å². The molecule has 0 aliphatic heterocycles. The first-order valence-corrected chi connectivity index (χ1v) is 7.99. The molecule has 0 spiro atoms. The number of rotatable bonds is 7. The molecule has 0 amide bonds. The maximum absolute atomic E-state index is 11.9. The van der Waals surface area contributed by atoms with E-state index in [0.29, 0.717) is 6.07 Å². The number of nitro benzene ring substituents is 3. The van der Waals surface area contributed by atoms with Crippen molar-refractivity contribution in [3.8, 4) is 11.3 Å². The fourth-order valence-electron chi connectivity index (χ4n) is 2.81. The number of para-hydroxylation sites is 1. The van der Waals surface area contributed by atoms with Crippen LogP contribution in [-0.2, 0) is 0 Å². The maximum Gasteiger partial charge on any atom is 0.337 e. The number of nitro groups is 3. The Balaban J connectivity index is 2.41. The van der Waals surface area contributed by atoms with Gasteiger partial charge in [-0.15, -0.1) is 0 Å². The molecular weight excluding hydrogens is 404 g/mol. The number of carboxylic acid groups (broad SMARTS) is 1. The molecule has 1 heterocycles. The van der Waals surface area contributed by atoms with E-state index in [1.807, 2.05) is 0 Å². The van der Waals surface area contributed by atoms with Gasteiger partial charge in [-0.1, -0.05) is 12.1 Å². The highest BCUT2D eigenvalue weighted by Crippen LogP contribution is 2.49. The summed E-state index contributed by atoms with van der Waals surface area (Å²) in [5.41, 5.74) is -4.74. The topological polar surface area (TPSA) is 192 Å². The first-order valence-electron chi connectivity index (χ1n) is 7.99. The average Bonchev–Trinajstić information content (AvgIpc) is 3.21. The van der Waals surface area contributed by atoms with Crippen LogP contribution in [0.1, 0.15) is 10.4 Å². The Morgan fingerprint density at radius 3 is 2.13 bits per heavy atom. The number of carbonyl (C=O) groups is 1. The number of aromatic carboxylic acids is 1. The van der Waals surface area contributed by atoms with Gasteiger partial charge in [-0.25, -0.2) is 4.79 Å². The van der Waals surface area contributed by atoms with E-state index in [9.17, 15) is 40.2 Å². The van der Waals surface area contributed by atoms with Crippen molar-refractivity contribution in [3.63, 3.8) is 0 Å². The van der Waals surface area contributed by atoms with E-state index in [2.05, 4.69) is 5.32 Å². The smallest absolute Gasteiger partial charge is 0.337 e. The molecule has 13 nitrogen and oxygen atoms in total.